The van der Waals surface area contributed by atoms with E-state index >= 15 is 0 Å². The Hall–Kier alpha value is -1.27. The van der Waals surface area contributed by atoms with E-state index < -0.39 is 37.1 Å². The largest absolute Gasteiger partial charge is 0.481 e. The molecule has 17 heavy (non-hydrogen) atoms. The number of hydrogen-bond acceptors (Lipinski definition) is 2. The highest BCUT2D eigenvalue weighted by Crippen LogP contribution is 2.21. The molecule has 0 aliphatic heterocycles. The van der Waals surface area contributed by atoms with E-state index in [1.807, 2.05) is 0 Å². The molecule has 0 aromatic carbocycles. The Morgan fingerprint density at radius 2 is 1.71 bits per heavy atom. The van der Waals surface area contributed by atoms with Crippen molar-refractivity contribution < 1.29 is 27.9 Å². The van der Waals surface area contributed by atoms with E-state index in [-0.39, 0.29) is 0 Å². The van der Waals surface area contributed by atoms with E-state index in [1.165, 1.54) is 0 Å². The standard InChI is InChI=1S/C10H16F3NO3/c1-3-7(4-2)14(6-10(11,12)13)8(15)5-9(16)17/h7H,3-6H2,1-2H3,(H,16,17). The van der Waals surface area contributed by atoms with Crippen molar-refractivity contribution in [3.63, 3.8) is 0 Å². The second-order valence-electron chi connectivity index (χ2n) is 3.68. The fourth-order valence-corrected chi connectivity index (χ4v) is 1.57. The molecule has 1 amide bonds. The summed E-state index contributed by atoms with van der Waals surface area (Å²) in [6.07, 6.45) is -4.71. The van der Waals surface area contributed by atoms with E-state index in [0.717, 1.165) is 0 Å². The highest BCUT2D eigenvalue weighted by Gasteiger charge is 2.35. The van der Waals surface area contributed by atoms with Crippen molar-refractivity contribution in [2.45, 2.75) is 45.3 Å². The molecule has 0 aromatic heterocycles. The zero-order valence-corrected chi connectivity index (χ0v) is 9.75. The number of carboxylic acid groups (broad SMARTS) is 1. The van der Waals surface area contributed by atoms with Crippen LogP contribution in [0, 0.1) is 0 Å². The van der Waals surface area contributed by atoms with Crippen LogP contribution in [0.2, 0.25) is 0 Å². The van der Waals surface area contributed by atoms with Gasteiger partial charge in [-0.1, -0.05) is 13.8 Å². The van der Waals surface area contributed by atoms with Crippen LogP contribution in [0.5, 0.6) is 0 Å². The molecule has 4 nitrogen and oxygen atoms in total. The number of amides is 1. The number of halogens is 3. The molecular weight excluding hydrogens is 239 g/mol. The minimum Gasteiger partial charge on any atom is -0.481 e. The van der Waals surface area contributed by atoms with Gasteiger partial charge in [0.15, 0.2) is 0 Å². The fourth-order valence-electron chi connectivity index (χ4n) is 1.57. The van der Waals surface area contributed by atoms with E-state index in [2.05, 4.69) is 0 Å². The molecule has 0 radical (unpaired) electrons. The maximum Gasteiger partial charge on any atom is 0.406 e. The SMILES string of the molecule is CCC(CC)N(CC(F)(F)F)C(=O)CC(=O)O. The van der Waals surface area contributed by atoms with E-state index in [9.17, 15) is 22.8 Å². The maximum atomic E-state index is 12.3. The molecule has 0 rings (SSSR count). The number of aliphatic carboxylic acids is 1. The number of hydrogen-bond donors (Lipinski definition) is 1. The molecule has 1 N–H and O–H groups in total. The molecule has 0 aliphatic carbocycles. The van der Waals surface area contributed by atoms with Gasteiger partial charge in [0.2, 0.25) is 5.91 Å². The maximum absolute atomic E-state index is 12.3. The highest BCUT2D eigenvalue weighted by molar-refractivity contribution is 5.93. The van der Waals surface area contributed by atoms with Crippen molar-refractivity contribution in [2.24, 2.45) is 0 Å². The number of alkyl halides is 3. The summed E-state index contributed by atoms with van der Waals surface area (Å²) in [7, 11) is 0. The zero-order valence-electron chi connectivity index (χ0n) is 9.75. The molecule has 0 bridgehead atoms. The Bertz CT molecular complexity index is 274. The lowest BCUT2D eigenvalue weighted by molar-refractivity contribution is -0.168. The summed E-state index contributed by atoms with van der Waals surface area (Å²) in [6.45, 7) is 1.92. The van der Waals surface area contributed by atoms with Crippen LogP contribution in [0.25, 0.3) is 0 Å². The lowest BCUT2D eigenvalue weighted by Crippen LogP contribution is -2.45. The molecule has 7 heteroatoms. The van der Waals surface area contributed by atoms with Crippen LogP contribution >= 0.6 is 0 Å². The Morgan fingerprint density at radius 1 is 1.24 bits per heavy atom. The van der Waals surface area contributed by atoms with E-state index in [1.54, 1.807) is 13.8 Å². The molecule has 0 atom stereocenters. The molecule has 0 heterocycles. The second-order valence-corrected chi connectivity index (χ2v) is 3.68. The van der Waals surface area contributed by atoms with Crippen LogP contribution in [0.15, 0.2) is 0 Å². The molecule has 0 spiro atoms. The van der Waals surface area contributed by atoms with Crippen molar-refractivity contribution in [1.82, 2.24) is 4.90 Å². The molecule has 0 saturated heterocycles. The summed E-state index contributed by atoms with van der Waals surface area (Å²) in [5.41, 5.74) is 0. The molecule has 0 fully saturated rings. The lowest BCUT2D eigenvalue weighted by atomic mass is 10.1. The number of carbonyl (C=O) groups is 2. The molecule has 100 valence electrons. The third-order valence-corrected chi connectivity index (χ3v) is 2.36. The quantitative estimate of drug-likeness (QED) is 0.739. The van der Waals surface area contributed by atoms with Crippen LogP contribution in [0.1, 0.15) is 33.1 Å². The van der Waals surface area contributed by atoms with Crippen LogP contribution in [0.3, 0.4) is 0 Å². The first-order valence-electron chi connectivity index (χ1n) is 5.29. The average Bonchev–Trinajstić information content (AvgIpc) is 2.15. The first kappa shape index (κ1) is 15.7. The van der Waals surface area contributed by atoms with Gasteiger partial charge in [0.1, 0.15) is 13.0 Å². The van der Waals surface area contributed by atoms with Gasteiger partial charge in [-0.25, -0.2) is 0 Å². The zero-order chi connectivity index (χ0) is 13.6. The van der Waals surface area contributed by atoms with Crippen molar-refractivity contribution in [3.05, 3.63) is 0 Å². The Morgan fingerprint density at radius 3 is 2.00 bits per heavy atom. The molecular formula is C10H16F3NO3. The van der Waals surface area contributed by atoms with Crippen molar-refractivity contribution in [2.75, 3.05) is 6.54 Å². The summed E-state index contributed by atoms with van der Waals surface area (Å²) < 4.78 is 36.9. The van der Waals surface area contributed by atoms with Gasteiger partial charge in [-0.05, 0) is 12.8 Å². The highest BCUT2D eigenvalue weighted by atomic mass is 19.4. The van der Waals surface area contributed by atoms with Crippen molar-refractivity contribution in [3.8, 4) is 0 Å². The minimum atomic E-state index is -4.52. The summed E-state index contributed by atoms with van der Waals surface area (Å²) in [5, 5.41) is 8.43. The third kappa shape index (κ3) is 6.13. The predicted molar refractivity (Wildman–Crippen MR) is 54.4 cm³/mol. The minimum absolute atomic E-state index is 0.359. The van der Waals surface area contributed by atoms with Gasteiger partial charge in [0.25, 0.3) is 0 Å². The van der Waals surface area contributed by atoms with Crippen molar-refractivity contribution >= 4 is 11.9 Å². The lowest BCUT2D eigenvalue weighted by Gasteiger charge is -2.30. The number of nitrogens with zero attached hydrogens (tertiary/aromatic N) is 1. The first-order chi connectivity index (χ1) is 7.71. The van der Waals surface area contributed by atoms with Gasteiger partial charge in [0.05, 0.1) is 0 Å². The van der Waals surface area contributed by atoms with Gasteiger partial charge >= 0.3 is 12.1 Å². The monoisotopic (exact) mass is 255 g/mol. The summed E-state index contributed by atoms with van der Waals surface area (Å²) in [5.74, 6) is -2.42. The van der Waals surface area contributed by atoms with Crippen LogP contribution < -0.4 is 0 Å². The van der Waals surface area contributed by atoms with Gasteiger partial charge in [-0.3, -0.25) is 9.59 Å². The predicted octanol–water partition coefficient (Wildman–Crippen LogP) is 2.04. The summed E-state index contributed by atoms with van der Waals surface area (Å²) in [6, 6.07) is -0.580. The Kier molecular flexibility index (Phi) is 5.98. The molecule has 0 aromatic rings. The first-order valence-corrected chi connectivity index (χ1v) is 5.29. The second kappa shape index (κ2) is 6.46. The number of carbonyl (C=O) groups excluding carboxylic acids is 1. The topological polar surface area (TPSA) is 57.6 Å². The third-order valence-electron chi connectivity index (χ3n) is 2.36. The fraction of sp³-hybridized carbons (Fsp3) is 0.800. The van der Waals surface area contributed by atoms with Crippen LogP contribution in [-0.2, 0) is 9.59 Å². The number of carboxylic acids is 1. The van der Waals surface area contributed by atoms with Gasteiger partial charge < -0.3 is 10.0 Å². The molecule has 0 unspecified atom stereocenters. The molecule has 0 saturated carbocycles. The Labute approximate surface area is 97.4 Å². The van der Waals surface area contributed by atoms with Crippen LogP contribution in [0.4, 0.5) is 13.2 Å². The van der Waals surface area contributed by atoms with E-state index in [4.69, 9.17) is 5.11 Å². The van der Waals surface area contributed by atoms with E-state index in [0.29, 0.717) is 17.7 Å². The smallest absolute Gasteiger partial charge is 0.406 e. The number of rotatable bonds is 6. The average molecular weight is 255 g/mol. The summed E-state index contributed by atoms with van der Waals surface area (Å²) >= 11 is 0. The van der Waals surface area contributed by atoms with Gasteiger partial charge in [-0.2, -0.15) is 13.2 Å². The normalized spacial score (nSPS) is 11.6. The summed E-state index contributed by atoms with van der Waals surface area (Å²) in [4.78, 5) is 22.4. The Balaban J connectivity index is 4.83. The van der Waals surface area contributed by atoms with Gasteiger partial charge in [0, 0.05) is 6.04 Å². The molecule has 0 aliphatic rings. The van der Waals surface area contributed by atoms with Gasteiger partial charge in [-0.15, -0.1) is 0 Å². The van der Waals surface area contributed by atoms with Crippen LogP contribution in [-0.4, -0.2) is 40.6 Å². The van der Waals surface area contributed by atoms with Crippen molar-refractivity contribution in [1.29, 1.82) is 0 Å².